The first-order valence-corrected chi connectivity index (χ1v) is 8.01. The second-order valence-electron chi connectivity index (χ2n) is 6.05. The molecule has 4 aromatic rings. The van der Waals surface area contributed by atoms with Gasteiger partial charge in [-0.15, -0.1) is 0 Å². The number of aromatic hydroxyl groups is 1. The minimum atomic E-state index is 0.251. The molecule has 0 amide bonds. The molecule has 0 aliphatic carbocycles. The van der Waals surface area contributed by atoms with Crippen molar-refractivity contribution in [3.05, 3.63) is 83.9 Å². The van der Waals surface area contributed by atoms with Gasteiger partial charge in [-0.25, -0.2) is 4.98 Å². The Morgan fingerprint density at radius 2 is 1.71 bits per heavy atom. The molecule has 0 aliphatic heterocycles. The number of nitrogens with zero attached hydrogens (tertiary/aromatic N) is 2. The molecule has 0 fully saturated rings. The summed E-state index contributed by atoms with van der Waals surface area (Å²) in [6.07, 6.45) is 0. The molecule has 1 N–H and O–H groups in total. The van der Waals surface area contributed by atoms with Crippen molar-refractivity contribution in [3.8, 4) is 17.1 Å². The fourth-order valence-electron chi connectivity index (χ4n) is 2.98. The molecule has 1 aromatic heterocycles. The molecular formula is C21H18N2O. The van der Waals surface area contributed by atoms with E-state index in [4.69, 9.17) is 4.98 Å². The number of hydrogen-bond acceptors (Lipinski definition) is 2. The Morgan fingerprint density at radius 3 is 2.50 bits per heavy atom. The highest BCUT2D eigenvalue weighted by Crippen LogP contribution is 2.27. The van der Waals surface area contributed by atoms with Gasteiger partial charge >= 0.3 is 0 Å². The summed E-state index contributed by atoms with van der Waals surface area (Å²) in [5.41, 5.74) is 5.45. The van der Waals surface area contributed by atoms with Crippen LogP contribution in [0.2, 0.25) is 0 Å². The van der Waals surface area contributed by atoms with Crippen LogP contribution in [0, 0.1) is 6.92 Å². The third-order valence-electron chi connectivity index (χ3n) is 4.22. The zero-order valence-electron chi connectivity index (χ0n) is 13.5. The van der Waals surface area contributed by atoms with Gasteiger partial charge in [-0.1, -0.05) is 54.1 Å². The van der Waals surface area contributed by atoms with Crippen LogP contribution >= 0.6 is 0 Å². The second-order valence-corrected chi connectivity index (χ2v) is 6.05. The number of hydrogen-bond donors (Lipinski definition) is 1. The average molecular weight is 314 g/mol. The Morgan fingerprint density at radius 1 is 0.917 bits per heavy atom. The normalized spacial score (nSPS) is 11.0. The van der Waals surface area contributed by atoms with Gasteiger partial charge in [0.1, 0.15) is 11.6 Å². The molecule has 3 nitrogen and oxygen atoms in total. The lowest BCUT2D eigenvalue weighted by atomic mass is 10.1. The van der Waals surface area contributed by atoms with Gasteiger partial charge in [0.15, 0.2) is 0 Å². The maximum atomic E-state index is 9.82. The molecule has 0 spiro atoms. The molecule has 3 aromatic carbocycles. The minimum Gasteiger partial charge on any atom is -0.508 e. The van der Waals surface area contributed by atoms with Gasteiger partial charge in [-0.3, -0.25) is 0 Å². The summed E-state index contributed by atoms with van der Waals surface area (Å²) in [6, 6.07) is 23.9. The molecule has 0 atom stereocenters. The van der Waals surface area contributed by atoms with Crippen molar-refractivity contribution < 1.29 is 5.11 Å². The van der Waals surface area contributed by atoms with Crippen molar-refractivity contribution in [1.82, 2.24) is 9.55 Å². The lowest BCUT2D eigenvalue weighted by molar-refractivity contribution is 0.475. The highest BCUT2D eigenvalue weighted by Gasteiger charge is 2.13. The molecule has 0 saturated heterocycles. The molecule has 0 bridgehead atoms. The maximum absolute atomic E-state index is 9.82. The fourth-order valence-corrected chi connectivity index (χ4v) is 2.98. The van der Waals surface area contributed by atoms with Crippen LogP contribution < -0.4 is 0 Å². The zero-order valence-corrected chi connectivity index (χ0v) is 13.5. The van der Waals surface area contributed by atoms with E-state index < -0.39 is 0 Å². The fraction of sp³-hybridized carbons (Fsp3) is 0.0952. The highest BCUT2D eigenvalue weighted by atomic mass is 16.3. The van der Waals surface area contributed by atoms with Gasteiger partial charge in [0.25, 0.3) is 0 Å². The van der Waals surface area contributed by atoms with Crippen LogP contribution in [-0.4, -0.2) is 14.7 Å². The first kappa shape index (κ1) is 14.5. The lowest BCUT2D eigenvalue weighted by Crippen LogP contribution is -2.02. The van der Waals surface area contributed by atoms with Crippen molar-refractivity contribution >= 4 is 11.0 Å². The number of phenolic OH excluding ortho intramolecular Hbond substituents is 1. The standard InChI is InChI=1S/C21H18N2O/c1-15-9-11-16(12-10-15)14-23-20-8-3-2-7-19(20)22-21(23)17-5-4-6-18(24)13-17/h2-13,24H,14H2,1H3. The van der Waals surface area contributed by atoms with Gasteiger partial charge < -0.3 is 9.67 Å². The van der Waals surface area contributed by atoms with Crippen LogP contribution in [-0.2, 0) is 6.54 Å². The number of aryl methyl sites for hydroxylation is 1. The predicted octanol–water partition coefficient (Wildman–Crippen LogP) is 4.77. The number of para-hydroxylation sites is 2. The van der Waals surface area contributed by atoms with E-state index in [1.165, 1.54) is 11.1 Å². The van der Waals surface area contributed by atoms with Crippen LogP contribution in [0.5, 0.6) is 5.75 Å². The number of fused-ring (bicyclic) bond motifs is 1. The van der Waals surface area contributed by atoms with Crippen LogP contribution in [0.3, 0.4) is 0 Å². The van der Waals surface area contributed by atoms with E-state index in [1.54, 1.807) is 12.1 Å². The number of rotatable bonds is 3. The Kier molecular flexibility index (Phi) is 3.54. The maximum Gasteiger partial charge on any atom is 0.141 e. The summed E-state index contributed by atoms with van der Waals surface area (Å²) in [6.45, 7) is 2.83. The average Bonchev–Trinajstić information content (AvgIpc) is 2.96. The number of aromatic nitrogens is 2. The third kappa shape index (κ3) is 2.65. The van der Waals surface area contributed by atoms with Gasteiger partial charge in [-0.2, -0.15) is 0 Å². The van der Waals surface area contributed by atoms with E-state index in [2.05, 4.69) is 41.8 Å². The summed E-state index contributed by atoms with van der Waals surface area (Å²) in [7, 11) is 0. The molecule has 0 unspecified atom stereocenters. The SMILES string of the molecule is Cc1ccc(Cn2c(-c3cccc(O)c3)nc3ccccc32)cc1. The summed E-state index contributed by atoms with van der Waals surface area (Å²) in [4.78, 5) is 4.79. The lowest BCUT2D eigenvalue weighted by Gasteiger charge is -2.10. The summed E-state index contributed by atoms with van der Waals surface area (Å²) >= 11 is 0. The Labute approximate surface area is 140 Å². The zero-order chi connectivity index (χ0) is 16.5. The third-order valence-corrected chi connectivity index (χ3v) is 4.22. The first-order chi connectivity index (χ1) is 11.7. The van der Waals surface area contributed by atoms with E-state index in [0.29, 0.717) is 0 Å². The topological polar surface area (TPSA) is 38.0 Å². The Hall–Kier alpha value is -3.07. The summed E-state index contributed by atoms with van der Waals surface area (Å²) in [5, 5.41) is 9.82. The minimum absolute atomic E-state index is 0.251. The van der Waals surface area contributed by atoms with Gasteiger partial charge in [0.2, 0.25) is 0 Å². The monoisotopic (exact) mass is 314 g/mol. The van der Waals surface area contributed by atoms with Crippen molar-refractivity contribution in [1.29, 1.82) is 0 Å². The molecule has 3 heteroatoms. The number of imidazole rings is 1. The number of phenols is 1. The van der Waals surface area contributed by atoms with Crippen LogP contribution in [0.4, 0.5) is 0 Å². The largest absolute Gasteiger partial charge is 0.508 e. The smallest absolute Gasteiger partial charge is 0.141 e. The molecule has 4 rings (SSSR count). The highest BCUT2D eigenvalue weighted by molar-refractivity contribution is 5.81. The summed E-state index contributed by atoms with van der Waals surface area (Å²) < 4.78 is 2.20. The molecule has 0 radical (unpaired) electrons. The second kappa shape index (κ2) is 5.85. The van der Waals surface area contributed by atoms with Crippen LogP contribution in [0.1, 0.15) is 11.1 Å². The van der Waals surface area contributed by atoms with Crippen molar-refractivity contribution in [3.63, 3.8) is 0 Å². The Bertz CT molecular complexity index is 1000. The quantitative estimate of drug-likeness (QED) is 0.592. The van der Waals surface area contributed by atoms with Crippen LogP contribution in [0.15, 0.2) is 72.8 Å². The molecule has 1 heterocycles. The summed E-state index contributed by atoms with van der Waals surface area (Å²) in [5.74, 6) is 1.12. The molecular weight excluding hydrogens is 296 g/mol. The van der Waals surface area contributed by atoms with Crippen molar-refractivity contribution in [2.45, 2.75) is 13.5 Å². The predicted molar refractivity (Wildman–Crippen MR) is 97.1 cm³/mol. The molecule has 24 heavy (non-hydrogen) atoms. The van der Waals surface area contributed by atoms with E-state index in [9.17, 15) is 5.11 Å². The van der Waals surface area contributed by atoms with Gasteiger partial charge in [-0.05, 0) is 36.8 Å². The molecule has 0 aliphatic rings. The van der Waals surface area contributed by atoms with Crippen molar-refractivity contribution in [2.75, 3.05) is 0 Å². The van der Waals surface area contributed by atoms with Crippen molar-refractivity contribution in [2.24, 2.45) is 0 Å². The molecule has 118 valence electrons. The van der Waals surface area contributed by atoms with E-state index in [1.807, 2.05) is 30.3 Å². The number of benzene rings is 3. The van der Waals surface area contributed by atoms with Crippen LogP contribution in [0.25, 0.3) is 22.4 Å². The van der Waals surface area contributed by atoms with Gasteiger partial charge in [0.05, 0.1) is 11.0 Å². The molecule has 0 saturated carbocycles. The van der Waals surface area contributed by atoms with E-state index >= 15 is 0 Å². The van der Waals surface area contributed by atoms with Gasteiger partial charge in [0, 0.05) is 12.1 Å². The van der Waals surface area contributed by atoms with E-state index in [0.717, 1.165) is 29.0 Å². The Balaban J connectivity index is 1.88. The van der Waals surface area contributed by atoms with E-state index in [-0.39, 0.29) is 5.75 Å². The first-order valence-electron chi connectivity index (χ1n) is 8.01.